The molecule has 156 valence electrons. The summed E-state index contributed by atoms with van der Waals surface area (Å²) < 4.78 is 8.43. The molecule has 2 amide bonds. The molecule has 0 bridgehead atoms. The third kappa shape index (κ3) is 4.02. The number of amides is 2. The third-order valence-corrected chi connectivity index (χ3v) is 4.95. The van der Waals surface area contributed by atoms with Crippen LogP contribution >= 0.6 is 0 Å². The lowest BCUT2D eigenvalue weighted by Crippen LogP contribution is -2.42. The number of nitrogens with one attached hydrogen (secondary N) is 1. The van der Waals surface area contributed by atoms with Crippen LogP contribution < -0.4 is 10.1 Å². The normalized spacial score (nSPS) is 13.1. The van der Waals surface area contributed by atoms with Gasteiger partial charge in [0.15, 0.2) is 5.82 Å². The van der Waals surface area contributed by atoms with E-state index in [9.17, 15) is 9.59 Å². The molecule has 3 heterocycles. The molecule has 2 aromatic heterocycles. The van der Waals surface area contributed by atoms with E-state index >= 15 is 0 Å². The lowest BCUT2D eigenvalue weighted by atomic mass is 10.2. The summed E-state index contributed by atoms with van der Waals surface area (Å²) in [5.74, 6) is 1.34. The number of hydrogen-bond acceptors (Lipinski definition) is 6. The van der Waals surface area contributed by atoms with Gasteiger partial charge in [0.05, 0.1) is 6.20 Å². The number of nitrogens with zero attached hydrogens (tertiary/aromatic N) is 6. The number of rotatable bonds is 6. The Kier molecular flexibility index (Phi) is 5.46. The van der Waals surface area contributed by atoms with E-state index in [2.05, 4.69) is 20.5 Å². The summed E-state index contributed by atoms with van der Waals surface area (Å²) in [6.45, 7) is 1.73. The number of hydrogen-bond donors (Lipinski definition) is 1. The van der Waals surface area contributed by atoms with E-state index in [0.717, 1.165) is 17.8 Å². The van der Waals surface area contributed by atoms with E-state index in [4.69, 9.17) is 4.74 Å². The fraction of sp³-hybridized carbons (Fsp3) is 0.350. The van der Waals surface area contributed by atoms with E-state index < -0.39 is 6.09 Å². The van der Waals surface area contributed by atoms with Gasteiger partial charge in [-0.1, -0.05) is 30.3 Å². The van der Waals surface area contributed by atoms with Crippen molar-refractivity contribution < 1.29 is 14.3 Å². The van der Waals surface area contributed by atoms with Crippen molar-refractivity contribution in [2.45, 2.75) is 12.8 Å². The molecular formula is C20H23N7O3. The van der Waals surface area contributed by atoms with Gasteiger partial charge in [-0.05, 0) is 6.42 Å². The first-order valence-electron chi connectivity index (χ1n) is 9.75. The third-order valence-electron chi connectivity index (χ3n) is 4.95. The maximum atomic E-state index is 12.4. The fourth-order valence-corrected chi connectivity index (χ4v) is 3.13. The molecule has 1 aliphatic rings. The minimum atomic E-state index is -0.651. The quantitative estimate of drug-likeness (QED) is 0.659. The van der Waals surface area contributed by atoms with Gasteiger partial charge in [-0.3, -0.25) is 9.48 Å². The molecule has 3 aromatic rings. The van der Waals surface area contributed by atoms with Crippen LogP contribution in [0.15, 0.2) is 36.5 Å². The van der Waals surface area contributed by atoms with Crippen molar-refractivity contribution in [1.82, 2.24) is 34.8 Å². The zero-order chi connectivity index (χ0) is 21.1. The number of likely N-dealkylation sites (tertiary alicyclic amines) is 1. The molecule has 0 radical (unpaired) electrons. The molecule has 10 nitrogen and oxygen atoms in total. The highest BCUT2D eigenvalue weighted by atomic mass is 16.6. The molecule has 1 aliphatic heterocycles. The molecule has 0 spiro atoms. The lowest BCUT2D eigenvalue weighted by Gasteiger charge is -2.30. The summed E-state index contributed by atoms with van der Waals surface area (Å²) in [6.07, 6.45) is 2.24. The second-order valence-corrected chi connectivity index (χ2v) is 7.04. The van der Waals surface area contributed by atoms with Crippen molar-refractivity contribution in [1.29, 1.82) is 0 Å². The smallest absolute Gasteiger partial charge is 0.391 e. The van der Waals surface area contributed by atoms with Gasteiger partial charge in [0.1, 0.15) is 11.4 Å². The highest BCUT2D eigenvalue weighted by Gasteiger charge is 2.27. The number of aromatic nitrogens is 5. The van der Waals surface area contributed by atoms with Crippen LogP contribution in [0.5, 0.6) is 5.88 Å². The highest BCUT2D eigenvalue weighted by molar-refractivity contribution is 5.97. The zero-order valence-corrected chi connectivity index (χ0v) is 16.9. The van der Waals surface area contributed by atoms with Gasteiger partial charge in [-0.2, -0.15) is 10.2 Å². The largest absolute Gasteiger partial charge is 0.413 e. The van der Waals surface area contributed by atoms with Crippen molar-refractivity contribution in [3.05, 3.63) is 47.9 Å². The number of benzene rings is 1. The van der Waals surface area contributed by atoms with E-state index in [1.807, 2.05) is 37.4 Å². The second kappa shape index (κ2) is 8.36. The summed E-state index contributed by atoms with van der Waals surface area (Å²) >= 11 is 0. The van der Waals surface area contributed by atoms with Crippen LogP contribution in [0.4, 0.5) is 4.79 Å². The van der Waals surface area contributed by atoms with E-state index in [1.54, 1.807) is 16.6 Å². The van der Waals surface area contributed by atoms with Gasteiger partial charge in [0.25, 0.3) is 5.91 Å². The Morgan fingerprint density at radius 3 is 2.60 bits per heavy atom. The highest BCUT2D eigenvalue weighted by Crippen LogP contribution is 2.22. The van der Waals surface area contributed by atoms with Crippen LogP contribution in [-0.4, -0.2) is 61.1 Å². The number of ether oxygens (including phenoxy) is 1. The summed E-state index contributed by atoms with van der Waals surface area (Å²) in [7, 11) is 3.44. The van der Waals surface area contributed by atoms with Crippen LogP contribution in [0.1, 0.15) is 22.6 Å². The average Bonchev–Trinajstić information content (AvgIpc) is 3.24. The molecule has 1 saturated heterocycles. The summed E-state index contributed by atoms with van der Waals surface area (Å²) in [6, 6.07) is 9.70. The van der Waals surface area contributed by atoms with Crippen molar-refractivity contribution >= 4 is 12.0 Å². The Bertz CT molecular complexity index is 1050. The van der Waals surface area contributed by atoms with Gasteiger partial charge < -0.3 is 15.0 Å². The van der Waals surface area contributed by atoms with Gasteiger partial charge in [0.2, 0.25) is 5.88 Å². The first kappa shape index (κ1) is 19.6. The predicted molar refractivity (Wildman–Crippen MR) is 108 cm³/mol. The van der Waals surface area contributed by atoms with Crippen molar-refractivity contribution in [3.8, 4) is 17.3 Å². The Morgan fingerprint density at radius 2 is 1.90 bits per heavy atom. The molecule has 0 unspecified atom stereocenters. The molecule has 0 saturated carbocycles. The number of carbonyl (C=O) groups is 2. The standard InChI is InChI=1S/C20H23N7O3/c1-25-16(23-17(24-25)14-7-4-3-5-8-14)9-10-21-20(29)30-19-15(13-22-26(19)2)18(28)27-11-6-12-27/h3-5,7-8,13H,6,9-12H2,1-2H3,(H,21,29). The van der Waals surface area contributed by atoms with E-state index in [1.165, 1.54) is 10.9 Å². The van der Waals surface area contributed by atoms with Crippen molar-refractivity contribution in [2.75, 3.05) is 19.6 Å². The first-order valence-corrected chi connectivity index (χ1v) is 9.75. The van der Waals surface area contributed by atoms with Gasteiger partial charge in [-0.25, -0.2) is 14.5 Å². The maximum Gasteiger partial charge on any atom is 0.413 e. The summed E-state index contributed by atoms with van der Waals surface area (Å²) in [4.78, 5) is 30.9. The molecular weight excluding hydrogens is 386 g/mol. The zero-order valence-electron chi connectivity index (χ0n) is 16.9. The molecule has 1 aromatic carbocycles. The van der Waals surface area contributed by atoms with Crippen LogP contribution in [-0.2, 0) is 20.5 Å². The molecule has 1 N–H and O–H groups in total. The van der Waals surface area contributed by atoms with Gasteiger partial charge in [0, 0.05) is 45.7 Å². The SMILES string of the molecule is Cn1nc(-c2ccccc2)nc1CCNC(=O)Oc1c(C(=O)N2CCC2)cnn1C. The van der Waals surface area contributed by atoms with Crippen LogP contribution in [0.3, 0.4) is 0 Å². The minimum absolute atomic E-state index is 0.134. The monoisotopic (exact) mass is 409 g/mol. The second-order valence-electron chi connectivity index (χ2n) is 7.04. The Hall–Kier alpha value is -3.69. The molecule has 30 heavy (non-hydrogen) atoms. The Labute approximate surface area is 173 Å². The fourth-order valence-electron chi connectivity index (χ4n) is 3.13. The maximum absolute atomic E-state index is 12.4. The number of carbonyl (C=O) groups excluding carboxylic acids is 2. The lowest BCUT2D eigenvalue weighted by molar-refractivity contribution is 0.0648. The summed E-state index contributed by atoms with van der Waals surface area (Å²) in [5.41, 5.74) is 1.22. The minimum Gasteiger partial charge on any atom is -0.391 e. The molecule has 0 aliphatic carbocycles. The van der Waals surface area contributed by atoms with Gasteiger partial charge in [-0.15, -0.1) is 0 Å². The summed E-state index contributed by atoms with van der Waals surface area (Å²) in [5, 5.41) is 11.2. The molecule has 4 rings (SSSR count). The Balaban J connectivity index is 1.34. The molecule has 1 fully saturated rings. The topological polar surface area (TPSA) is 107 Å². The van der Waals surface area contributed by atoms with Crippen molar-refractivity contribution in [2.24, 2.45) is 14.1 Å². The first-order chi connectivity index (χ1) is 14.5. The van der Waals surface area contributed by atoms with Crippen LogP contribution in [0.25, 0.3) is 11.4 Å². The van der Waals surface area contributed by atoms with Crippen molar-refractivity contribution in [3.63, 3.8) is 0 Å². The average molecular weight is 409 g/mol. The van der Waals surface area contributed by atoms with E-state index in [0.29, 0.717) is 31.9 Å². The van der Waals surface area contributed by atoms with Gasteiger partial charge >= 0.3 is 6.09 Å². The van der Waals surface area contributed by atoms with E-state index in [-0.39, 0.29) is 17.4 Å². The molecule has 10 heteroatoms. The van der Waals surface area contributed by atoms with Crippen LogP contribution in [0.2, 0.25) is 0 Å². The Morgan fingerprint density at radius 1 is 1.13 bits per heavy atom. The number of aryl methyl sites for hydroxylation is 2. The molecule has 0 atom stereocenters. The van der Waals surface area contributed by atoms with Crippen LogP contribution in [0, 0.1) is 0 Å². The predicted octanol–water partition coefficient (Wildman–Crippen LogP) is 1.39.